The van der Waals surface area contributed by atoms with Crippen LogP contribution in [0.15, 0.2) is 0 Å². The smallest absolute Gasteiger partial charge is 0.315 e. The normalized spacial score (nSPS) is 10.0. The number of carbonyl (C=O) groups excluding carboxylic acids is 1. The molecule has 4 nitrogen and oxygen atoms in total. The average molecular weight is 146 g/mol. The van der Waals surface area contributed by atoms with E-state index in [0.29, 0.717) is 6.54 Å². The van der Waals surface area contributed by atoms with Crippen molar-refractivity contribution in [2.24, 2.45) is 0 Å². The summed E-state index contributed by atoms with van der Waals surface area (Å²) < 4.78 is 9.19. The number of amides is 1. The molecule has 1 radical (unpaired) electrons. The predicted molar refractivity (Wildman–Crippen MR) is 35.9 cm³/mol. The van der Waals surface area contributed by atoms with E-state index < -0.39 is 0 Å². The fourth-order valence-corrected chi connectivity index (χ4v) is 0.501. The van der Waals surface area contributed by atoms with Crippen LogP contribution in [0.4, 0.5) is 0 Å². The van der Waals surface area contributed by atoms with Gasteiger partial charge < -0.3 is 14.8 Å². The number of carbonyl (C=O) groups is 1. The number of rotatable bonds is 4. The third-order valence-electron chi connectivity index (χ3n) is 0.894. The monoisotopic (exact) mass is 146 g/mol. The number of hydrogen-bond acceptors (Lipinski definition) is 3. The molecule has 0 bridgehead atoms. The third-order valence-corrected chi connectivity index (χ3v) is 0.894. The van der Waals surface area contributed by atoms with Gasteiger partial charge >= 0.3 is 6.29 Å². The minimum atomic E-state index is -0.326. The van der Waals surface area contributed by atoms with E-state index >= 15 is 0 Å². The van der Waals surface area contributed by atoms with Crippen molar-refractivity contribution in [3.05, 3.63) is 6.29 Å². The van der Waals surface area contributed by atoms with E-state index in [0.717, 1.165) is 0 Å². The highest BCUT2D eigenvalue weighted by molar-refractivity contribution is 5.86. The van der Waals surface area contributed by atoms with Crippen molar-refractivity contribution < 1.29 is 14.3 Å². The van der Waals surface area contributed by atoms with Crippen LogP contribution in [0, 0.1) is 6.29 Å². The van der Waals surface area contributed by atoms with Crippen LogP contribution in [-0.2, 0) is 14.3 Å². The minimum absolute atomic E-state index is 0.0122. The molecule has 0 unspecified atom stereocenters. The summed E-state index contributed by atoms with van der Waals surface area (Å²) in [6.45, 7) is 2.38. The quantitative estimate of drug-likeness (QED) is 0.602. The summed E-state index contributed by atoms with van der Waals surface area (Å²) in [4.78, 5) is 10.8. The molecule has 59 valence electrons. The molecule has 0 aromatic rings. The highest BCUT2D eigenvalue weighted by Gasteiger charge is 2.17. The minimum Gasteiger partial charge on any atom is -0.351 e. The van der Waals surface area contributed by atoms with E-state index in [1.807, 2.05) is 6.92 Å². The Morgan fingerprint density at radius 1 is 1.40 bits per heavy atom. The molecule has 1 amide bonds. The molecular weight excluding hydrogens is 134 g/mol. The van der Waals surface area contributed by atoms with Crippen LogP contribution in [0.5, 0.6) is 0 Å². The van der Waals surface area contributed by atoms with Crippen LogP contribution in [0.2, 0.25) is 0 Å². The lowest BCUT2D eigenvalue weighted by Gasteiger charge is -2.09. The lowest BCUT2D eigenvalue weighted by molar-refractivity contribution is -0.135. The Kier molecular flexibility index (Phi) is 4.88. The van der Waals surface area contributed by atoms with Crippen LogP contribution in [0.3, 0.4) is 0 Å². The van der Waals surface area contributed by atoms with Crippen molar-refractivity contribution in [1.82, 2.24) is 5.32 Å². The van der Waals surface area contributed by atoms with Gasteiger partial charge in [0.25, 0.3) is 5.91 Å². The second kappa shape index (κ2) is 5.20. The molecule has 0 atom stereocenters. The maximum absolute atomic E-state index is 10.8. The van der Waals surface area contributed by atoms with Crippen molar-refractivity contribution in [2.45, 2.75) is 6.92 Å². The Hall–Kier alpha value is -0.610. The Balaban J connectivity index is 3.65. The maximum atomic E-state index is 10.8. The molecular formula is C6H12NO3. The van der Waals surface area contributed by atoms with Crippen molar-refractivity contribution >= 4 is 5.91 Å². The largest absolute Gasteiger partial charge is 0.351 e. The topological polar surface area (TPSA) is 47.6 Å². The standard InChI is InChI=1S/C6H12NO3/c1-4-7-5(8)6(9-2)10-3/h4H2,1-3H3,(H,7,8). The predicted octanol–water partition coefficient (Wildman–Crippen LogP) is -0.0952. The first kappa shape index (κ1) is 9.39. The van der Waals surface area contributed by atoms with E-state index in [1.165, 1.54) is 14.2 Å². The Morgan fingerprint density at radius 2 is 1.90 bits per heavy atom. The van der Waals surface area contributed by atoms with Gasteiger partial charge in [-0.05, 0) is 6.92 Å². The second-order valence-electron chi connectivity index (χ2n) is 1.56. The summed E-state index contributed by atoms with van der Waals surface area (Å²) in [7, 11) is 2.77. The lowest BCUT2D eigenvalue weighted by Crippen LogP contribution is -2.30. The molecule has 0 aliphatic rings. The molecule has 0 saturated carbocycles. The lowest BCUT2D eigenvalue weighted by atomic mass is 10.5. The SMILES string of the molecule is CCNC(=O)[C](OC)OC. The fraction of sp³-hybridized carbons (Fsp3) is 0.667. The summed E-state index contributed by atoms with van der Waals surface area (Å²) in [5, 5.41) is 2.52. The first-order chi connectivity index (χ1) is 4.76. The van der Waals surface area contributed by atoms with Gasteiger partial charge in [-0.15, -0.1) is 0 Å². The first-order valence-corrected chi connectivity index (χ1v) is 2.99. The molecule has 0 saturated heterocycles. The summed E-state index contributed by atoms with van der Waals surface area (Å²) in [6.07, 6.45) is -0.0122. The highest BCUT2D eigenvalue weighted by Crippen LogP contribution is 1.99. The van der Waals surface area contributed by atoms with E-state index in [1.54, 1.807) is 0 Å². The zero-order valence-electron chi connectivity index (χ0n) is 6.43. The number of likely N-dealkylation sites (N-methyl/N-ethyl adjacent to an activating group) is 1. The van der Waals surface area contributed by atoms with Crippen molar-refractivity contribution in [2.75, 3.05) is 20.8 Å². The molecule has 10 heavy (non-hydrogen) atoms. The average Bonchev–Trinajstić information content (AvgIpc) is 1.91. The second-order valence-corrected chi connectivity index (χ2v) is 1.56. The van der Waals surface area contributed by atoms with Crippen molar-refractivity contribution in [1.29, 1.82) is 0 Å². The Bertz CT molecular complexity index is 101. The Morgan fingerprint density at radius 3 is 2.20 bits per heavy atom. The zero-order chi connectivity index (χ0) is 7.98. The van der Waals surface area contributed by atoms with Crippen LogP contribution < -0.4 is 5.32 Å². The molecule has 1 N–H and O–H groups in total. The van der Waals surface area contributed by atoms with Gasteiger partial charge in [-0.25, -0.2) is 0 Å². The van der Waals surface area contributed by atoms with Crippen LogP contribution in [0.25, 0.3) is 0 Å². The number of hydrogen-bond donors (Lipinski definition) is 1. The van der Waals surface area contributed by atoms with Crippen LogP contribution in [-0.4, -0.2) is 26.7 Å². The summed E-state index contributed by atoms with van der Waals surface area (Å²) in [5.74, 6) is -0.326. The maximum Gasteiger partial charge on any atom is 0.315 e. The fourth-order valence-electron chi connectivity index (χ4n) is 0.501. The van der Waals surface area contributed by atoms with Crippen LogP contribution in [0.1, 0.15) is 6.92 Å². The summed E-state index contributed by atoms with van der Waals surface area (Å²) >= 11 is 0. The highest BCUT2D eigenvalue weighted by atomic mass is 16.7. The van der Waals surface area contributed by atoms with Gasteiger partial charge in [0.1, 0.15) is 0 Å². The van der Waals surface area contributed by atoms with Crippen molar-refractivity contribution in [3.63, 3.8) is 0 Å². The Labute approximate surface area is 60.5 Å². The zero-order valence-corrected chi connectivity index (χ0v) is 6.43. The molecule has 0 heterocycles. The molecule has 4 heteroatoms. The van der Waals surface area contributed by atoms with E-state index in [-0.39, 0.29) is 12.2 Å². The van der Waals surface area contributed by atoms with Gasteiger partial charge in [-0.1, -0.05) is 0 Å². The third kappa shape index (κ3) is 2.80. The number of nitrogens with one attached hydrogen (secondary N) is 1. The first-order valence-electron chi connectivity index (χ1n) is 2.99. The van der Waals surface area contributed by atoms with E-state index in [9.17, 15) is 4.79 Å². The molecule has 0 aliphatic carbocycles. The van der Waals surface area contributed by atoms with Crippen LogP contribution >= 0.6 is 0 Å². The molecule has 0 spiro atoms. The van der Waals surface area contributed by atoms with Gasteiger partial charge in [0.15, 0.2) is 0 Å². The molecule has 0 aliphatic heterocycles. The molecule has 0 aromatic heterocycles. The molecule has 0 rings (SSSR count). The number of methoxy groups -OCH3 is 2. The molecule has 0 fully saturated rings. The number of ether oxygens (including phenoxy) is 2. The summed E-state index contributed by atoms with van der Waals surface area (Å²) in [6, 6.07) is 0. The van der Waals surface area contributed by atoms with Gasteiger partial charge in [0.05, 0.1) is 0 Å². The van der Waals surface area contributed by atoms with Gasteiger partial charge in [-0.3, -0.25) is 4.79 Å². The van der Waals surface area contributed by atoms with E-state index in [2.05, 4.69) is 14.8 Å². The van der Waals surface area contributed by atoms with Gasteiger partial charge in [-0.2, -0.15) is 0 Å². The van der Waals surface area contributed by atoms with E-state index in [4.69, 9.17) is 0 Å². The van der Waals surface area contributed by atoms with Gasteiger partial charge in [0, 0.05) is 20.8 Å². The van der Waals surface area contributed by atoms with Crippen molar-refractivity contribution in [3.8, 4) is 0 Å². The molecule has 0 aromatic carbocycles. The van der Waals surface area contributed by atoms with Gasteiger partial charge in [0.2, 0.25) is 0 Å². The summed E-state index contributed by atoms with van der Waals surface area (Å²) in [5.41, 5.74) is 0.